The van der Waals surface area contributed by atoms with Gasteiger partial charge >= 0.3 is 0 Å². The van der Waals surface area contributed by atoms with E-state index in [1.54, 1.807) is 0 Å². The molecule has 0 saturated carbocycles. The Kier molecular flexibility index (Phi) is 6.37. The molecule has 8 N–H and O–H groups in total. The second-order valence-electron chi connectivity index (χ2n) is 6.85. The second-order valence-corrected chi connectivity index (χ2v) is 15.6. The summed E-state index contributed by atoms with van der Waals surface area (Å²) >= 11 is 0. The molecule has 2 aliphatic heterocycles. The van der Waals surface area contributed by atoms with Crippen molar-refractivity contribution in [2.75, 3.05) is 24.0 Å². The van der Waals surface area contributed by atoms with E-state index in [1.807, 2.05) is 0 Å². The Labute approximate surface area is 203 Å². The maximum Gasteiger partial charge on any atom is 0.244 e. The molecule has 20 heteroatoms. The van der Waals surface area contributed by atoms with Crippen LogP contribution in [0, 0.1) is 0 Å². The molecule has 2 heterocycles. The van der Waals surface area contributed by atoms with E-state index in [0.717, 1.165) is 33.7 Å². The Morgan fingerprint density at radius 1 is 0.676 bits per heavy atom. The van der Waals surface area contributed by atoms with Crippen LogP contribution in [-0.2, 0) is 40.1 Å². The van der Waals surface area contributed by atoms with Gasteiger partial charge in [-0.3, -0.25) is 0 Å². The quantitative estimate of drug-likeness (QED) is 0.233. The van der Waals surface area contributed by atoms with Gasteiger partial charge in [0.2, 0.25) is 40.1 Å². The monoisotopic (exact) mass is 588 g/mol. The third kappa shape index (κ3) is 4.87. The summed E-state index contributed by atoms with van der Waals surface area (Å²) in [7, 11) is -15.2. The first-order chi connectivity index (χ1) is 15.6. The molecule has 0 spiro atoms. The molecule has 2 aromatic carbocycles. The number of rotatable bonds is 5. The molecule has 0 unspecified atom stereocenters. The number of fused-ring (bicyclic) bond motifs is 2. The summed E-state index contributed by atoms with van der Waals surface area (Å²) in [6.07, 6.45) is 0. The standard InChI is InChI=1S/C14H16N6O8S6/c15-31(21,22)13-3-11-7(17-5-19-33(11,25)26)1-9(13)29-30-10-2-8-12(4-14(10)32(16,23)24)34(27,28)20-6-18-8/h1-4,17-20H,5-6H2,(H2,15,21,22)(H2,16,23,24). The van der Waals surface area contributed by atoms with E-state index in [2.05, 4.69) is 20.1 Å². The van der Waals surface area contributed by atoms with Gasteiger partial charge in [-0.05, 0) is 24.3 Å². The van der Waals surface area contributed by atoms with Gasteiger partial charge in [0.25, 0.3) is 0 Å². The highest BCUT2D eigenvalue weighted by molar-refractivity contribution is 8.76. The topological polar surface area (TPSA) is 237 Å². The van der Waals surface area contributed by atoms with Crippen LogP contribution in [0.25, 0.3) is 0 Å². The minimum Gasteiger partial charge on any atom is -0.370 e. The normalized spacial score (nSPS) is 18.8. The Morgan fingerprint density at radius 3 is 1.35 bits per heavy atom. The largest absolute Gasteiger partial charge is 0.370 e. The molecule has 2 aromatic rings. The molecule has 0 bridgehead atoms. The fourth-order valence-corrected chi connectivity index (χ4v) is 10.1. The van der Waals surface area contributed by atoms with Crippen molar-refractivity contribution < 1.29 is 33.7 Å². The first kappa shape index (κ1) is 25.5. The lowest BCUT2D eigenvalue weighted by molar-refractivity contribution is 0.578. The zero-order valence-electron chi connectivity index (χ0n) is 16.6. The van der Waals surface area contributed by atoms with Gasteiger partial charge in [0.1, 0.15) is 9.79 Å². The summed E-state index contributed by atoms with van der Waals surface area (Å²) < 4.78 is 102. The molecule has 186 valence electrons. The van der Waals surface area contributed by atoms with E-state index in [1.165, 1.54) is 12.1 Å². The van der Waals surface area contributed by atoms with Crippen molar-refractivity contribution in [1.82, 2.24) is 9.44 Å². The van der Waals surface area contributed by atoms with Crippen molar-refractivity contribution in [2.45, 2.75) is 29.4 Å². The van der Waals surface area contributed by atoms with Crippen LogP contribution in [0.2, 0.25) is 0 Å². The maximum absolute atomic E-state index is 12.2. The molecule has 0 atom stereocenters. The maximum atomic E-state index is 12.2. The summed E-state index contributed by atoms with van der Waals surface area (Å²) in [5.74, 6) is 0. The van der Waals surface area contributed by atoms with Gasteiger partial charge in [-0.15, -0.1) is 0 Å². The number of hydrogen-bond donors (Lipinski definition) is 6. The Bertz CT molecular complexity index is 1510. The highest BCUT2D eigenvalue weighted by Gasteiger charge is 2.30. The summed E-state index contributed by atoms with van der Waals surface area (Å²) in [5, 5.41) is 16.1. The Balaban J connectivity index is 1.81. The van der Waals surface area contributed by atoms with Crippen LogP contribution in [0.5, 0.6) is 0 Å². The SMILES string of the molecule is NS(=O)(=O)c1cc2c(cc1SSc1cc3c(cc1S(N)(=O)=O)S(=O)(=O)NCN3)NCNS2(=O)=O. The summed E-state index contributed by atoms with van der Waals surface area (Å²) in [6.45, 7) is -0.258. The number of nitrogens with one attached hydrogen (secondary N) is 4. The molecule has 0 saturated heterocycles. The van der Waals surface area contributed by atoms with Crippen LogP contribution in [0.3, 0.4) is 0 Å². The van der Waals surface area contributed by atoms with Crippen molar-refractivity contribution in [3.8, 4) is 0 Å². The molecule has 34 heavy (non-hydrogen) atoms. The second kappa shape index (κ2) is 8.50. The third-order valence-electron chi connectivity index (χ3n) is 4.59. The van der Waals surface area contributed by atoms with E-state index in [4.69, 9.17) is 10.3 Å². The van der Waals surface area contributed by atoms with Crippen molar-refractivity contribution >= 4 is 73.1 Å². The van der Waals surface area contributed by atoms with E-state index >= 15 is 0 Å². The predicted octanol–water partition coefficient (Wildman–Crippen LogP) is -0.897. The fourth-order valence-electron chi connectivity index (χ4n) is 3.08. The number of hydrogen-bond acceptors (Lipinski definition) is 12. The van der Waals surface area contributed by atoms with Crippen LogP contribution < -0.4 is 30.4 Å². The van der Waals surface area contributed by atoms with Gasteiger partial charge in [-0.1, -0.05) is 21.6 Å². The molecule has 2 aliphatic rings. The van der Waals surface area contributed by atoms with Crippen molar-refractivity contribution in [1.29, 1.82) is 0 Å². The lowest BCUT2D eigenvalue weighted by Crippen LogP contribution is -2.35. The summed E-state index contributed by atoms with van der Waals surface area (Å²) in [6, 6.07) is 4.31. The van der Waals surface area contributed by atoms with E-state index < -0.39 is 49.9 Å². The molecular weight excluding hydrogens is 573 g/mol. The first-order valence-corrected chi connectivity index (χ1v) is 17.0. The minimum absolute atomic E-state index is 0.0104. The predicted molar refractivity (Wildman–Crippen MR) is 125 cm³/mol. The zero-order valence-corrected chi connectivity index (χ0v) is 21.5. The summed E-state index contributed by atoms with van der Waals surface area (Å²) in [5.41, 5.74) is 0.232. The Hall–Kier alpha value is -1.62. The number of anilines is 2. The van der Waals surface area contributed by atoms with E-state index in [-0.39, 0.29) is 44.3 Å². The van der Waals surface area contributed by atoms with Crippen molar-refractivity contribution in [2.24, 2.45) is 10.3 Å². The van der Waals surface area contributed by atoms with Gasteiger partial charge in [-0.2, -0.15) is 9.44 Å². The van der Waals surface area contributed by atoms with Crippen LogP contribution in [0.15, 0.2) is 53.6 Å². The van der Waals surface area contributed by atoms with Gasteiger partial charge in [0.15, 0.2) is 0 Å². The van der Waals surface area contributed by atoms with Crippen LogP contribution >= 0.6 is 21.6 Å². The lowest BCUT2D eigenvalue weighted by atomic mass is 10.3. The molecule has 0 fully saturated rings. The molecule has 0 aromatic heterocycles. The third-order valence-corrected chi connectivity index (χ3v) is 12.1. The number of sulfonamides is 4. The van der Waals surface area contributed by atoms with Crippen LogP contribution in [0.4, 0.5) is 11.4 Å². The summed E-state index contributed by atoms with van der Waals surface area (Å²) in [4.78, 5) is -1.63. The number of benzene rings is 2. The highest BCUT2D eigenvalue weighted by Crippen LogP contribution is 2.46. The molecular formula is C14H16N6O8S6. The average Bonchev–Trinajstić information content (AvgIpc) is 2.69. The average molecular weight is 589 g/mol. The van der Waals surface area contributed by atoms with Gasteiger partial charge < -0.3 is 10.6 Å². The smallest absolute Gasteiger partial charge is 0.244 e. The minimum atomic E-state index is -4.39. The lowest BCUT2D eigenvalue weighted by Gasteiger charge is -2.22. The van der Waals surface area contributed by atoms with E-state index in [0.29, 0.717) is 0 Å². The van der Waals surface area contributed by atoms with Gasteiger partial charge in [-0.25, -0.2) is 43.9 Å². The van der Waals surface area contributed by atoms with E-state index in [9.17, 15) is 33.7 Å². The zero-order chi connectivity index (χ0) is 25.1. The molecule has 0 aliphatic carbocycles. The van der Waals surface area contributed by atoms with Crippen LogP contribution in [0.1, 0.15) is 0 Å². The first-order valence-electron chi connectivity index (χ1n) is 8.83. The van der Waals surface area contributed by atoms with Gasteiger partial charge in [0, 0.05) is 9.79 Å². The number of nitrogens with two attached hydrogens (primary N) is 2. The molecule has 0 amide bonds. The highest BCUT2D eigenvalue weighted by atomic mass is 33.1. The molecule has 14 nitrogen and oxygen atoms in total. The van der Waals surface area contributed by atoms with Crippen LogP contribution in [-0.4, -0.2) is 47.0 Å². The number of primary sulfonamides is 2. The Morgan fingerprint density at radius 2 is 1.03 bits per heavy atom. The molecule has 0 radical (unpaired) electrons. The van der Waals surface area contributed by atoms with Gasteiger partial charge in [0.05, 0.1) is 34.5 Å². The van der Waals surface area contributed by atoms with Crippen molar-refractivity contribution in [3.63, 3.8) is 0 Å². The fraction of sp³-hybridized carbons (Fsp3) is 0.143. The van der Waals surface area contributed by atoms with Crippen molar-refractivity contribution in [3.05, 3.63) is 24.3 Å². The molecule has 4 rings (SSSR count).